The summed E-state index contributed by atoms with van der Waals surface area (Å²) in [5, 5.41) is 14.8. The second-order valence-corrected chi connectivity index (χ2v) is 5.86. The van der Waals surface area contributed by atoms with E-state index in [-0.39, 0.29) is 17.7 Å². The Morgan fingerprint density at radius 2 is 2.36 bits per heavy atom. The van der Waals surface area contributed by atoms with E-state index in [1.165, 1.54) is 11.8 Å². The number of carbonyl (C=O) groups excluding carboxylic acids is 1. The summed E-state index contributed by atoms with van der Waals surface area (Å²) in [4.78, 5) is 16.3. The molecule has 2 aromatic rings. The van der Waals surface area contributed by atoms with E-state index in [0.717, 1.165) is 24.8 Å². The molecule has 2 aromatic heterocycles. The Bertz CT molecular complexity index is 588. The molecule has 0 radical (unpaired) electrons. The Morgan fingerprint density at radius 3 is 3.00 bits per heavy atom. The van der Waals surface area contributed by atoms with Gasteiger partial charge in [-0.05, 0) is 28.5 Å². The molecular weight excluding hydrogens is 300 g/mol. The zero-order chi connectivity index (χ0) is 15.8. The van der Waals surface area contributed by atoms with Crippen LogP contribution in [-0.2, 0) is 11.8 Å². The van der Waals surface area contributed by atoms with Gasteiger partial charge in [-0.3, -0.25) is 9.78 Å². The molecule has 0 saturated heterocycles. The Balaban J connectivity index is 1.91. The van der Waals surface area contributed by atoms with Crippen LogP contribution in [0.2, 0.25) is 0 Å². The summed E-state index contributed by atoms with van der Waals surface area (Å²) in [6.45, 7) is 2.14. The van der Waals surface area contributed by atoms with Gasteiger partial charge in [0.15, 0.2) is 0 Å². The van der Waals surface area contributed by atoms with Crippen molar-refractivity contribution in [1.82, 2.24) is 30.5 Å². The summed E-state index contributed by atoms with van der Waals surface area (Å²) in [5.41, 5.74) is 1.04. The van der Waals surface area contributed by atoms with Crippen LogP contribution in [0, 0.1) is 0 Å². The topological polar surface area (TPSA) is 85.6 Å². The number of unbranched alkanes of at least 4 members (excludes halogenated alkanes) is 1. The van der Waals surface area contributed by atoms with Crippen LogP contribution in [0.1, 0.15) is 37.8 Å². The molecule has 8 heteroatoms. The Hall–Kier alpha value is -1.96. The van der Waals surface area contributed by atoms with E-state index in [2.05, 4.69) is 32.7 Å². The van der Waals surface area contributed by atoms with Crippen molar-refractivity contribution in [2.75, 3.05) is 5.75 Å². The molecule has 7 nitrogen and oxygen atoms in total. The minimum Gasteiger partial charge on any atom is -0.349 e. The molecule has 0 aliphatic rings. The highest BCUT2D eigenvalue weighted by Crippen LogP contribution is 2.19. The highest BCUT2D eigenvalue weighted by atomic mass is 32.2. The van der Waals surface area contributed by atoms with Crippen molar-refractivity contribution in [2.45, 2.75) is 37.4 Å². The molecule has 0 aliphatic heterocycles. The quantitative estimate of drug-likeness (QED) is 0.746. The molecule has 1 atom stereocenters. The van der Waals surface area contributed by atoms with Gasteiger partial charge in [-0.2, -0.15) is 0 Å². The molecule has 2 heterocycles. The molecule has 2 rings (SSSR count). The molecule has 1 N–H and O–H groups in total. The smallest absolute Gasteiger partial charge is 0.230 e. The van der Waals surface area contributed by atoms with Gasteiger partial charge in [0.05, 0.1) is 11.8 Å². The van der Waals surface area contributed by atoms with Crippen LogP contribution in [0.3, 0.4) is 0 Å². The normalized spacial score (nSPS) is 12.1. The molecule has 0 aliphatic carbocycles. The number of hydrogen-bond donors (Lipinski definition) is 1. The molecule has 0 saturated carbocycles. The Morgan fingerprint density at radius 1 is 1.50 bits per heavy atom. The zero-order valence-electron chi connectivity index (χ0n) is 12.8. The second kappa shape index (κ2) is 8.47. The Labute approximate surface area is 133 Å². The minimum atomic E-state index is -0.0297. The van der Waals surface area contributed by atoms with E-state index < -0.39 is 0 Å². The SMILES string of the molecule is CCCC[C@@H](NC(=O)CSc1nnnn1C)c1cccnc1. The highest BCUT2D eigenvalue weighted by molar-refractivity contribution is 7.99. The lowest BCUT2D eigenvalue weighted by atomic mass is 10.0. The van der Waals surface area contributed by atoms with Gasteiger partial charge in [0, 0.05) is 19.4 Å². The number of amides is 1. The van der Waals surface area contributed by atoms with E-state index in [1.54, 1.807) is 24.1 Å². The van der Waals surface area contributed by atoms with Gasteiger partial charge in [-0.25, -0.2) is 4.68 Å². The maximum absolute atomic E-state index is 12.2. The lowest BCUT2D eigenvalue weighted by Gasteiger charge is -2.18. The van der Waals surface area contributed by atoms with Crippen molar-refractivity contribution < 1.29 is 4.79 Å². The third-order valence-corrected chi connectivity index (χ3v) is 4.19. The number of hydrogen-bond acceptors (Lipinski definition) is 6. The van der Waals surface area contributed by atoms with Crippen molar-refractivity contribution in [3.63, 3.8) is 0 Å². The molecule has 0 spiro atoms. The van der Waals surface area contributed by atoms with Crippen molar-refractivity contribution >= 4 is 17.7 Å². The first kappa shape index (κ1) is 16.4. The number of carbonyl (C=O) groups is 1. The molecule has 1 amide bonds. The fourth-order valence-electron chi connectivity index (χ4n) is 2.02. The summed E-state index contributed by atoms with van der Waals surface area (Å²) in [6.07, 6.45) is 6.59. The first-order chi connectivity index (χ1) is 10.7. The molecule has 0 unspecified atom stereocenters. The van der Waals surface area contributed by atoms with Gasteiger partial charge >= 0.3 is 0 Å². The summed E-state index contributed by atoms with van der Waals surface area (Å²) in [5.74, 6) is 0.259. The standard InChI is InChI=1S/C14H20N6OS/c1-3-4-7-12(11-6-5-8-15-9-11)16-13(21)10-22-14-17-18-19-20(14)2/h5-6,8-9,12H,3-4,7,10H2,1-2H3,(H,16,21)/t12-/m1/s1. The molecule has 0 bridgehead atoms. The van der Waals surface area contributed by atoms with E-state index in [0.29, 0.717) is 5.16 Å². The summed E-state index contributed by atoms with van der Waals surface area (Å²) in [7, 11) is 1.75. The summed E-state index contributed by atoms with van der Waals surface area (Å²) >= 11 is 1.32. The van der Waals surface area contributed by atoms with Gasteiger partial charge in [0.1, 0.15) is 0 Å². The number of thioether (sulfide) groups is 1. The lowest BCUT2D eigenvalue weighted by Crippen LogP contribution is -2.30. The monoisotopic (exact) mass is 320 g/mol. The van der Waals surface area contributed by atoms with Gasteiger partial charge in [0.25, 0.3) is 0 Å². The fraction of sp³-hybridized carbons (Fsp3) is 0.500. The van der Waals surface area contributed by atoms with Crippen molar-refractivity contribution in [2.24, 2.45) is 7.05 Å². The van der Waals surface area contributed by atoms with Crippen molar-refractivity contribution in [1.29, 1.82) is 0 Å². The Kier molecular flexibility index (Phi) is 6.32. The van der Waals surface area contributed by atoms with E-state index >= 15 is 0 Å². The number of rotatable bonds is 8. The number of pyridine rings is 1. The third kappa shape index (κ3) is 4.80. The number of aromatic nitrogens is 5. The largest absolute Gasteiger partial charge is 0.349 e. The highest BCUT2D eigenvalue weighted by Gasteiger charge is 2.15. The van der Waals surface area contributed by atoms with Crippen molar-refractivity contribution in [3.05, 3.63) is 30.1 Å². The van der Waals surface area contributed by atoms with Crippen LogP contribution in [0.15, 0.2) is 29.7 Å². The molecule has 0 fully saturated rings. The van der Waals surface area contributed by atoms with E-state index in [1.807, 2.05) is 12.1 Å². The van der Waals surface area contributed by atoms with E-state index in [4.69, 9.17) is 0 Å². The summed E-state index contributed by atoms with van der Waals surface area (Å²) in [6, 6.07) is 3.88. The third-order valence-electron chi connectivity index (χ3n) is 3.18. The van der Waals surface area contributed by atoms with Gasteiger partial charge in [-0.1, -0.05) is 37.6 Å². The molecule has 22 heavy (non-hydrogen) atoms. The van der Waals surface area contributed by atoms with Crippen LogP contribution in [0.5, 0.6) is 0 Å². The maximum atomic E-state index is 12.2. The summed E-state index contributed by atoms with van der Waals surface area (Å²) < 4.78 is 1.55. The molecular formula is C14H20N6OS. The van der Waals surface area contributed by atoms with Crippen LogP contribution in [0.25, 0.3) is 0 Å². The predicted molar refractivity (Wildman–Crippen MR) is 84.2 cm³/mol. The maximum Gasteiger partial charge on any atom is 0.230 e. The number of nitrogens with one attached hydrogen (secondary N) is 1. The second-order valence-electron chi connectivity index (χ2n) is 4.92. The van der Waals surface area contributed by atoms with Gasteiger partial charge < -0.3 is 5.32 Å². The van der Waals surface area contributed by atoms with Crippen LogP contribution < -0.4 is 5.32 Å². The average Bonchev–Trinajstić information content (AvgIpc) is 2.95. The number of nitrogens with zero attached hydrogens (tertiary/aromatic N) is 5. The van der Waals surface area contributed by atoms with Gasteiger partial charge in [-0.15, -0.1) is 5.10 Å². The molecule has 118 valence electrons. The fourth-order valence-corrected chi connectivity index (χ4v) is 2.68. The van der Waals surface area contributed by atoms with Crippen LogP contribution >= 0.6 is 11.8 Å². The van der Waals surface area contributed by atoms with E-state index in [9.17, 15) is 4.79 Å². The van der Waals surface area contributed by atoms with Crippen molar-refractivity contribution in [3.8, 4) is 0 Å². The first-order valence-electron chi connectivity index (χ1n) is 7.25. The van der Waals surface area contributed by atoms with Crippen LogP contribution in [-0.4, -0.2) is 36.9 Å². The number of tetrazole rings is 1. The number of aryl methyl sites for hydroxylation is 1. The lowest BCUT2D eigenvalue weighted by molar-refractivity contribution is -0.119. The average molecular weight is 320 g/mol. The zero-order valence-corrected chi connectivity index (χ0v) is 13.6. The van der Waals surface area contributed by atoms with Gasteiger partial charge in [0.2, 0.25) is 11.1 Å². The van der Waals surface area contributed by atoms with Crippen LogP contribution in [0.4, 0.5) is 0 Å². The predicted octanol–water partition coefficient (Wildman–Crippen LogP) is 1.74. The molecule has 0 aromatic carbocycles. The first-order valence-corrected chi connectivity index (χ1v) is 8.23. The minimum absolute atomic E-state index is 0.000582.